The maximum atomic E-state index is 12.0. The fourth-order valence-electron chi connectivity index (χ4n) is 2.84. The van der Waals surface area contributed by atoms with Crippen molar-refractivity contribution in [3.63, 3.8) is 0 Å². The van der Waals surface area contributed by atoms with Crippen molar-refractivity contribution in [2.75, 3.05) is 0 Å². The van der Waals surface area contributed by atoms with Crippen molar-refractivity contribution in [1.29, 1.82) is 0 Å². The lowest BCUT2D eigenvalue weighted by molar-refractivity contribution is -0.142. The standard InChI is InChI=1S/C14H18N2O3/c1-8-5-13(18)16(14(8)19)12-6-9(2)15(11(4)17)10(3)7-12/h8,12H,2-3,5-7H2,1,4H3. The zero-order valence-electron chi connectivity index (χ0n) is 11.3. The van der Waals surface area contributed by atoms with E-state index in [0.29, 0.717) is 24.2 Å². The van der Waals surface area contributed by atoms with Crippen molar-refractivity contribution >= 4 is 17.7 Å². The molecule has 0 aromatic rings. The van der Waals surface area contributed by atoms with Crippen molar-refractivity contribution in [1.82, 2.24) is 9.80 Å². The summed E-state index contributed by atoms with van der Waals surface area (Å²) in [6.45, 7) is 10.9. The molecule has 102 valence electrons. The summed E-state index contributed by atoms with van der Waals surface area (Å²) in [6, 6.07) is -0.249. The van der Waals surface area contributed by atoms with Gasteiger partial charge in [0.15, 0.2) is 0 Å². The van der Waals surface area contributed by atoms with E-state index >= 15 is 0 Å². The van der Waals surface area contributed by atoms with Gasteiger partial charge in [-0.25, -0.2) is 0 Å². The molecule has 0 saturated carbocycles. The van der Waals surface area contributed by atoms with Crippen molar-refractivity contribution in [3.05, 3.63) is 24.6 Å². The minimum atomic E-state index is -0.250. The van der Waals surface area contributed by atoms with Crippen LogP contribution in [0.1, 0.15) is 33.1 Å². The molecule has 2 aliphatic heterocycles. The van der Waals surface area contributed by atoms with Gasteiger partial charge in [-0.15, -0.1) is 0 Å². The Labute approximate surface area is 112 Å². The van der Waals surface area contributed by atoms with Crippen LogP contribution in [0.5, 0.6) is 0 Å². The summed E-state index contributed by atoms with van der Waals surface area (Å²) in [7, 11) is 0. The number of likely N-dealkylation sites (tertiary alicyclic amines) is 2. The van der Waals surface area contributed by atoms with E-state index in [1.165, 1.54) is 16.7 Å². The Morgan fingerprint density at radius 2 is 1.68 bits per heavy atom. The summed E-state index contributed by atoms with van der Waals surface area (Å²) in [5.41, 5.74) is 1.18. The molecule has 19 heavy (non-hydrogen) atoms. The molecule has 1 unspecified atom stereocenters. The van der Waals surface area contributed by atoms with E-state index in [1.807, 2.05) is 0 Å². The Kier molecular flexibility index (Phi) is 3.30. The number of carbonyl (C=O) groups excluding carboxylic acids is 3. The van der Waals surface area contributed by atoms with E-state index < -0.39 is 0 Å². The second kappa shape index (κ2) is 4.64. The van der Waals surface area contributed by atoms with E-state index in [0.717, 1.165) is 0 Å². The Morgan fingerprint density at radius 3 is 2.05 bits per heavy atom. The van der Waals surface area contributed by atoms with Gasteiger partial charge in [0.1, 0.15) is 0 Å². The third kappa shape index (κ3) is 2.20. The van der Waals surface area contributed by atoms with E-state index in [1.54, 1.807) is 6.92 Å². The highest BCUT2D eigenvalue weighted by Crippen LogP contribution is 2.33. The zero-order chi connectivity index (χ0) is 14.3. The first-order valence-electron chi connectivity index (χ1n) is 6.35. The second-order valence-corrected chi connectivity index (χ2v) is 5.26. The maximum Gasteiger partial charge on any atom is 0.232 e. The normalized spacial score (nSPS) is 25.5. The lowest BCUT2D eigenvalue weighted by Crippen LogP contribution is -2.46. The number of amides is 3. The van der Waals surface area contributed by atoms with E-state index in [9.17, 15) is 14.4 Å². The topological polar surface area (TPSA) is 57.7 Å². The van der Waals surface area contributed by atoms with Gasteiger partial charge in [-0.05, 0) is 0 Å². The monoisotopic (exact) mass is 262 g/mol. The van der Waals surface area contributed by atoms with E-state index in [2.05, 4.69) is 13.2 Å². The van der Waals surface area contributed by atoms with Gasteiger partial charge in [0.25, 0.3) is 0 Å². The highest BCUT2D eigenvalue weighted by atomic mass is 16.2. The van der Waals surface area contributed by atoms with Crippen LogP contribution in [0, 0.1) is 5.92 Å². The number of nitrogens with zero attached hydrogens (tertiary/aromatic N) is 2. The van der Waals surface area contributed by atoms with Crippen LogP contribution in [-0.4, -0.2) is 33.6 Å². The van der Waals surface area contributed by atoms with Gasteiger partial charge in [0.05, 0.1) is 6.04 Å². The molecule has 2 heterocycles. The first kappa shape index (κ1) is 13.5. The lowest BCUT2D eigenvalue weighted by Gasteiger charge is -2.38. The third-order valence-corrected chi connectivity index (χ3v) is 3.66. The molecular formula is C14H18N2O3. The highest BCUT2D eigenvalue weighted by molar-refractivity contribution is 6.03. The van der Waals surface area contributed by atoms with E-state index in [4.69, 9.17) is 0 Å². The van der Waals surface area contributed by atoms with Crippen molar-refractivity contribution in [3.8, 4) is 0 Å². The molecule has 0 aromatic carbocycles. The average Bonchev–Trinajstić information content (AvgIpc) is 2.51. The van der Waals surface area contributed by atoms with Crippen LogP contribution in [-0.2, 0) is 14.4 Å². The van der Waals surface area contributed by atoms with Gasteiger partial charge in [0.2, 0.25) is 17.7 Å². The molecule has 0 aliphatic carbocycles. The fraction of sp³-hybridized carbons (Fsp3) is 0.500. The quantitative estimate of drug-likeness (QED) is 0.671. The molecule has 5 heteroatoms. The number of rotatable bonds is 1. The van der Waals surface area contributed by atoms with Crippen molar-refractivity contribution in [2.24, 2.45) is 5.92 Å². The van der Waals surface area contributed by atoms with Gasteiger partial charge in [0, 0.05) is 43.5 Å². The molecule has 0 bridgehead atoms. The molecule has 1 atom stereocenters. The molecule has 0 aromatic heterocycles. The predicted octanol–water partition coefficient (Wildman–Crippen LogP) is 1.42. The molecule has 0 radical (unpaired) electrons. The van der Waals surface area contributed by atoms with Crippen LogP contribution in [0.15, 0.2) is 24.6 Å². The zero-order valence-corrected chi connectivity index (χ0v) is 11.3. The molecule has 3 amide bonds. The van der Waals surface area contributed by atoms with Crippen LogP contribution in [0.4, 0.5) is 0 Å². The van der Waals surface area contributed by atoms with E-state index in [-0.39, 0.29) is 36.1 Å². The Morgan fingerprint density at radius 1 is 1.16 bits per heavy atom. The van der Waals surface area contributed by atoms with Gasteiger partial charge in [-0.1, -0.05) is 20.1 Å². The number of imide groups is 1. The van der Waals surface area contributed by atoms with Gasteiger partial charge in [-0.3, -0.25) is 24.2 Å². The van der Waals surface area contributed by atoms with Crippen LogP contribution in [0.2, 0.25) is 0 Å². The van der Waals surface area contributed by atoms with Crippen LogP contribution in [0.25, 0.3) is 0 Å². The number of piperidine rings is 1. The molecule has 2 aliphatic rings. The summed E-state index contributed by atoms with van der Waals surface area (Å²) in [6.07, 6.45) is 1.14. The first-order chi connectivity index (χ1) is 8.82. The summed E-state index contributed by atoms with van der Waals surface area (Å²) in [5.74, 6) is -0.660. The largest absolute Gasteiger partial charge is 0.290 e. The maximum absolute atomic E-state index is 12.0. The molecule has 0 N–H and O–H groups in total. The Balaban J connectivity index is 2.19. The van der Waals surface area contributed by atoms with Crippen LogP contribution < -0.4 is 0 Å². The highest BCUT2D eigenvalue weighted by Gasteiger charge is 2.42. The first-order valence-corrected chi connectivity index (χ1v) is 6.35. The summed E-state index contributed by atoms with van der Waals surface area (Å²) < 4.78 is 0. The summed E-state index contributed by atoms with van der Waals surface area (Å²) in [4.78, 5) is 38.2. The average molecular weight is 262 g/mol. The van der Waals surface area contributed by atoms with Gasteiger partial charge < -0.3 is 0 Å². The van der Waals surface area contributed by atoms with Gasteiger partial charge in [-0.2, -0.15) is 0 Å². The molecule has 0 spiro atoms. The second-order valence-electron chi connectivity index (χ2n) is 5.26. The minimum absolute atomic E-state index is 0.133. The lowest BCUT2D eigenvalue weighted by atomic mass is 9.98. The number of hydrogen-bond acceptors (Lipinski definition) is 3. The smallest absolute Gasteiger partial charge is 0.232 e. The molecule has 2 rings (SSSR count). The Hall–Kier alpha value is -1.91. The number of carbonyl (C=O) groups is 3. The minimum Gasteiger partial charge on any atom is -0.290 e. The van der Waals surface area contributed by atoms with Crippen molar-refractivity contribution in [2.45, 2.75) is 39.2 Å². The molecule has 5 nitrogen and oxygen atoms in total. The third-order valence-electron chi connectivity index (χ3n) is 3.66. The van der Waals surface area contributed by atoms with Gasteiger partial charge >= 0.3 is 0 Å². The summed E-state index contributed by atoms with van der Waals surface area (Å²) >= 11 is 0. The van der Waals surface area contributed by atoms with Crippen LogP contribution in [0.3, 0.4) is 0 Å². The van der Waals surface area contributed by atoms with Crippen LogP contribution >= 0.6 is 0 Å². The molecule has 2 saturated heterocycles. The fourth-order valence-corrected chi connectivity index (χ4v) is 2.84. The van der Waals surface area contributed by atoms with Crippen molar-refractivity contribution < 1.29 is 14.4 Å². The molecule has 2 fully saturated rings. The SMILES string of the molecule is C=C1CC(N2C(=O)CC(C)C2=O)CC(=C)N1C(C)=O. The summed E-state index contributed by atoms with van der Waals surface area (Å²) in [5, 5.41) is 0. The Bertz CT molecular complexity index is 477. The predicted molar refractivity (Wildman–Crippen MR) is 69.5 cm³/mol. The number of hydrogen-bond donors (Lipinski definition) is 0. The molecular weight excluding hydrogens is 244 g/mol.